The van der Waals surface area contributed by atoms with Crippen molar-refractivity contribution < 1.29 is 19.4 Å². The van der Waals surface area contributed by atoms with Crippen LogP contribution in [0.5, 0.6) is 5.75 Å². The number of rotatable bonds is 4. The molecule has 154 valence electrons. The molecule has 1 amide bonds. The molecule has 2 fully saturated rings. The average molecular weight is 410 g/mol. The third-order valence-corrected chi connectivity index (χ3v) is 6.25. The van der Waals surface area contributed by atoms with Crippen LogP contribution in [0.4, 0.5) is 5.69 Å². The van der Waals surface area contributed by atoms with Crippen molar-refractivity contribution in [2.45, 2.75) is 50.4 Å². The van der Waals surface area contributed by atoms with E-state index in [2.05, 4.69) is 10.2 Å². The van der Waals surface area contributed by atoms with Gasteiger partial charge in [0.05, 0.1) is 41.1 Å². The average Bonchev–Trinajstić information content (AvgIpc) is 3.17. The van der Waals surface area contributed by atoms with Crippen LogP contribution in [0, 0.1) is 0 Å². The molecule has 0 spiro atoms. The SMILES string of the molecule is Nc1c(Cl)cc(C(=O)N[C@H]2CCN(CC3CCCCO3)C[C@@H]2O)c2c1CCO2. The first-order valence-electron chi connectivity index (χ1n) is 10.1. The Balaban J connectivity index is 1.37. The van der Waals surface area contributed by atoms with Crippen LogP contribution in [0.1, 0.15) is 41.6 Å². The zero-order valence-electron chi connectivity index (χ0n) is 16.0. The summed E-state index contributed by atoms with van der Waals surface area (Å²) in [6.07, 6.45) is 4.38. The number of fused-ring (bicyclic) bond motifs is 1. The van der Waals surface area contributed by atoms with Crippen molar-refractivity contribution >= 4 is 23.2 Å². The summed E-state index contributed by atoms with van der Waals surface area (Å²) in [7, 11) is 0. The molecule has 3 atom stereocenters. The van der Waals surface area contributed by atoms with Gasteiger partial charge in [-0.1, -0.05) is 11.6 Å². The van der Waals surface area contributed by atoms with Gasteiger partial charge in [0.1, 0.15) is 5.75 Å². The molecule has 4 rings (SSSR count). The molecule has 3 aliphatic heterocycles. The van der Waals surface area contributed by atoms with Gasteiger partial charge in [-0.3, -0.25) is 9.69 Å². The van der Waals surface area contributed by atoms with Crippen molar-refractivity contribution in [3.05, 3.63) is 22.2 Å². The minimum atomic E-state index is -0.625. The second-order valence-electron chi connectivity index (χ2n) is 7.91. The molecule has 28 heavy (non-hydrogen) atoms. The fraction of sp³-hybridized carbons (Fsp3) is 0.650. The van der Waals surface area contributed by atoms with Gasteiger partial charge in [0, 0.05) is 38.2 Å². The van der Waals surface area contributed by atoms with Crippen LogP contribution in [0.2, 0.25) is 5.02 Å². The van der Waals surface area contributed by atoms with Gasteiger partial charge in [-0.05, 0) is 31.7 Å². The van der Waals surface area contributed by atoms with Crippen LogP contribution in [0.25, 0.3) is 0 Å². The van der Waals surface area contributed by atoms with Gasteiger partial charge >= 0.3 is 0 Å². The van der Waals surface area contributed by atoms with Crippen LogP contribution in [0.15, 0.2) is 6.07 Å². The van der Waals surface area contributed by atoms with Crippen molar-refractivity contribution in [3.8, 4) is 5.75 Å². The lowest BCUT2D eigenvalue weighted by Gasteiger charge is -2.38. The first kappa shape index (κ1) is 19.8. The molecule has 0 aliphatic carbocycles. The van der Waals surface area contributed by atoms with E-state index < -0.39 is 6.10 Å². The predicted octanol–water partition coefficient (Wildman–Crippen LogP) is 1.59. The van der Waals surface area contributed by atoms with Crippen LogP contribution < -0.4 is 15.8 Å². The van der Waals surface area contributed by atoms with Crippen molar-refractivity contribution in [2.24, 2.45) is 0 Å². The largest absolute Gasteiger partial charge is 0.492 e. The van der Waals surface area contributed by atoms with Crippen LogP contribution in [-0.4, -0.2) is 67.0 Å². The number of nitrogen functional groups attached to an aromatic ring is 1. The number of hydrogen-bond acceptors (Lipinski definition) is 6. The number of anilines is 1. The zero-order valence-corrected chi connectivity index (χ0v) is 16.7. The molecule has 0 bridgehead atoms. The minimum absolute atomic E-state index is 0.253. The van der Waals surface area contributed by atoms with Gasteiger partial charge in [0.15, 0.2) is 0 Å². The quantitative estimate of drug-likeness (QED) is 0.653. The van der Waals surface area contributed by atoms with Crippen molar-refractivity contribution in [2.75, 3.05) is 38.6 Å². The second kappa shape index (κ2) is 8.45. The van der Waals surface area contributed by atoms with Gasteiger partial charge in [0.25, 0.3) is 5.91 Å². The number of likely N-dealkylation sites (tertiary alicyclic amines) is 1. The fourth-order valence-corrected chi connectivity index (χ4v) is 4.58. The maximum Gasteiger partial charge on any atom is 0.255 e. The topological polar surface area (TPSA) is 97.1 Å². The number of nitrogens with one attached hydrogen (secondary N) is 1. The second-order valence-corrected chi connectivity index (χ2v) is 8.32. The molecule has 0 saturated carbocycles. The van der Waals surface area contributed by atoms with E-state index in [4.69, 9.17) is 26.8 Å². The number of ether oxygens (including phenoxy) is 2. The monoisotopic (exact) mass is 409 g/mol. The zero-order chi connectivity index (χ0) is 19.7. The summed E-state index contributed by atoms with van der Waals surface area (Å²) in [6, 6.07) is 1.25. The van der Waals surface area contributed by atoms with E-state index in [-0.39, 0.29) is 18.1 Å². The highest BCUT2D eigenvalue weighted by Gasteiger charge is 2.32. The van der Waals surface area contributed by atoms with Crippen LogP contribution in [0.3, 0.4) is 0 Å². The smallest absolute Gasteiger partial charge is 0.255 e. The molecule has 2 saturated heterocycles. The normalized spacial score (nSPS) is 27.9. The molecule has 8 heteroatoms. The molecule has 3 heterocycles. The number of halogens is 1. The molecule has 4 N–H and O–H groups in total. The lowest BCUT2D eigenvalue weighted by atomic mass is 9.99. The summed E-state index contributed by atoms with van der Waals surface area (Å²) in [5.74, 6) is 0.230. The van der Waals surface area contributed by atoms with E-state index in [1.165, 1.54) is 6.42 Å². The molecule has 1 unspecified atom stereocenters. The number of nitrogens with zero attached hydrogens (tertiary/aromatic N) is 1. The van der Waals surface area contributed by atoms with Crippen LogP contribution >= 0.6 is 11.6 Å². The molecule has 1 aromatic carbocycles. The first-order valence-corrected chi connectivity index (χ1v) is 10.5. The number of hydrogen-bond donors (Lipinski definition) is 3. The van der Waals surface area contributed by atoms with Gasteiger partial charge < -0.3 is 25.6 Å². The molecule has 0 radical (unpaired) electrons. The Morgan fingerprint density at radius 2 is 2.21 bits per heavy atom. The number of aliphatic hydroxyl groups is 1. The highest BCUT2D eigenvalue weighted by molar-refractivity contribution is 6.33. The number of carbonyl (C=O) groups excluding carboxylic acids is 1. The summed E-state index contributed by atoms with van der Waals surface area (Å²) < 4.78 is 11.4. The summed E-state index contributed by atoms with van der Waals surface area (Å²) >= 11 is 6.20. The maximum absolute atomic E-state index is 12.8. The number of amides is 1. The van der Waals surface area contributed by atoms with Crippen LogP contribution in [-0.2, 0) is 11.2 Å². The Hall–Kier alpha value is -1.54. The van der Waals surface area contributed by atoms with E-state index in [1.807, 2.05) is 0 Å². The first-order chi connectivity index (χ1) is 13.5. The number of piperidine rings is 1. The highest BCUT2D eigenvalue weighted by Crippen LogP contribution is 2.38. The number of β-amino-alcohol motifs (C(OH)–C–C–N with tert-alkyl or cyclic N) is 1. The number of aliphatic hydroxyl groups excluding tert-OH is 1. The van der Waals surface area contributed by atoms with Gasteiger partial charge in [-0.2, -0.15) is 0 Å². The van der Waals surface area contributed by atoms with Gasteiger partial charge in [-0.25, -0.2) is 0 Å². The standard InChI is InChI=1S/C20H28ClN3O4/c21-15-9-14(19-13(18(15)22)5-8-28-19)20(26)23-16-4-6-24(11-17(16)25)10-12-3-1-2-7-27-12/h9,12,16-17,25H,1-8,10-11,22H2,(H,23,26)/t12?,16-,17-/m0/s1. The van der Waals surface area contributed by atoms with Crippen molar-refractivity contribution in [1.29, 1.82) is 0 Å². The summed E-state index contributed by atoms with van der Waals surface area (Å²) in [5, 5.41) is 13.9. The van der Waals surface area contributed by atoms with Gasteiger partial charge in [-0.15, -0.1) is 0 Å². The third-order valence-electron chi connectivity index (χ3n) is 5.93. The summed E-state index contributed by atoms with van der Waals surface area (Å²) in [5.41, 5.74) is 7.66. The minimum Gasteiger partial charge on any atom is -0.492 e. The number of carbonyl (C=O) groups is 1. The Labute approximate surface area is 170 Å². The molecule has 1 aromatic rings. The summed E-state index contributed by atoms with van der Waals surface area (Å²) in [4.78, 5) is 15.1. The lowest BCUT2D eigenvalue weighted by molar-refractivity contribution is -0.0278. The number of benzene rings is 1. The highest BCUT2D eigenvalue weighted by atomic mass is 35.5. The van der Waals surface area contributed by atoms with E-state index in [9.17, 15) is 9.90 Å². The van der Waals surface area contributed by atoms with Crippen molar-refractivity contribution in [1.82, 2.24) is 10.2 Å². The van der Waals surface area contributed by atoms with E-state index in [0.717, 1.165) is 38.1 Å². The lowest BCUT2D eigenvalue weighted by Crippen LogP contribution is -2.55. The predicted molar refractivity (Wildman–Crippen MR) is 107 cm³/mol. The van der Waals surface area contributed by atoms with E-state index in [1.54, 1.807) is 6.07 Å². The fourth-order valence-electron chi connectivity index (χ4n) is 4.35. The number of nitrogens with two attached hydrogens (primary N) is 1. The van der Waals surface area contributed by atoms with Gasteiger partial charge in [0.2, 0.25) is 0 Å². The molecule has 0 aromatic heterocycles. The molecule has 7 nitrogen and oxygen atoms in total. The van der Waals surface area contributed by atoms with Crippen molar-refractivity contribution in [3.63, 3.8) is 0 Å². The third kappa shape index (κ3) is 4.08. The Morgan fingerprint density at radius 3 is 2.96 bits per heavy atom. The Bertz CT molecular complexity index is 739. The van der Waals surface area contributed by atoms with E-state index in [0.29, 0.717) is 48.0 Å². The molecule has 3 aliphatic rings. The molecular formula is C20H28ClN3O4. The Morgan fingerprint density at radius 1 is 1.36 bits per heavy atom. The molecular weight excluding hydrogens is 382 g/mol. The maximum atomic E-state index is 12.8. The Kier molecular flexibility index (Phi) is 5.96. The van der Waals surface area contributed by atoms with E-state index >= 15 is 0 Å². The summed E-state index contributed by atoms with van der Waals surface area (Å²) in [6.45, 7) is 3.51.